The average molecular weight is 398 g/mol. The summed E-state index contributed by atoms with van der Waals surface area (Å²) in [7, 11) is 0. The number of fused-ring (bicyclic) bond motifs is 2. The number of ketones is 1. The van der Waals surface area contributed by atoms with E-state index < -0.39 is 0 Å². The van der Waals surface area contributed by atoms with Crippen molar-refractivity contribution in [3.63, 3.8) is 0 Å². The molecular formula is C27H27NO2. The standard InChI is InChI=1S/C27H27NO2/c29-20-11-12-22-24(16-20)27-13-4-3-10-23(27)25(26(22)30)28(15-14-27)17-19-8-5-7-18-6-1-2-9-21(18)19/h1-2,5-9,11-12,16,23,25,29H,3-4,10,13-15,17H2/t23-,25+,27+/m0/s1. The van der Waals surface area contributed by atoms with Crippen LogP contribution >= 0.6 is 0 Å². The Morgan fingerprint density at radius 2 is 1.87 bits per heavy atom. The zero-order chi connectivity index (χ0) is 20.3. The molecule has 3 aromatic carbocycles. The van der Waals surface area contributed by atoms with Crippen molar-refractivity contribution in [2.75, 3.05) is 6.54 Å². The minimum absolute atomic E-state index is 0.0462. The number of rotatable bonds is 2. The van der Waals surface area contributed by atoms with Crippen molar-refractivity contribution < 1.29 is 9.90 Å². The maximum Gasteiger partial charge on any atom is 0.180 e. The molecule has 0 radical (unpaired) electrons. The van der Waals surface area contributed by atoms with Crippen LogP contribution in [0, 0.1) is 5.92 Å². The molecule has 30 heavy (non-hydrogen) atoms. The largest absolute Gasteiger partial charge is 0.508 e. The lowest BCUT2D eigenvalue weighted by Crippen LogP contribution is -2.63. The Labute approximate surface area is 177 Å². The lowest BCUT2D eigenvalue weighted by Gasteiger charge is -2.58. The quantitative estimate of drug-likeness (QED) is 0.626. The first-order valence-electron chi connectivity index (χ1n) is 11.3. The molecule has 6 rings (SSSR count). The summed E-state index contributed by atoms with van der Waals surface area (Å²) in [5.41, 5.74) is 3.33. The molecule has 3 aliphatic rings. The number of carbonyl (C=O) groups is 1. The SMILES string of the molecule is O=C1c2ccc(O)cc2[C@@]23CCCC[C@H]2[C@H]1N(Cc1cccc2ccccc12)CC3. The first-order chi connectivity index (χ1) is 14.7. The van der Waals surface area contributed by atoms with Gasteiger partial charge in [0.05, 0.1) is 6.04 Å². The molecule has 2 fully saturated rings. The van der Waals surface area contributed by atoms with Gasteiger partial charge in [0.15, 0.2) is 5.78 Å². The highest BCUT2D eigenvalue weighted by molar-refractivity contribution is 6.04. The summed E-state index contributed by atoms with van der Waals surface area (Å²) in [6, 6.07) is 20.4. The minimum Gasteiger partial charge on any atom is -0.508 e. The van der Waals surface area contributed by atoms with Gasteiger partial charge in [-0.2, -0.15) is 0 Å². The molecule has 3 aromatic rings. The molecule has 1 heterocycles. The van der Waals surface area contributed by atoms with Crippen LogP contribution in [0.4, 0.5) is 0 Å². The van der Waals surface area contributed by atoms with Crippen LogP contribution in [0.25, 0.3) is 10.8 Å². The number of nitrogens with zero attached hydrogens (tertiary/aromatic N) is 1. The van der Waals surface area contributed by atoms with Crippen molar-refractivity contribution >= 4 is 16.6 Å². The first-order valence-corrected chi connectivity index (χ1v) is 11.3. The first kappa shape index (κ1) is 18.1. The van der Waals surface area contributed by atoms with Gasteiger partial charge in [0, 0.05) is 24.1 Å². The normalized spacial score (nSPS) is 28.2. The van der Waals surface area contributed by atoms with Gasteiger partial charge in [0.1, 0.15) is 5.75 Å². The van der Waals surface area contributed by atoms with Gasteiger partial charge < -0.3 is 5.11 Å². The lowest BCUT2D eigenvalue weighted by molar-refractivity contribution is -0.00601. The number of aromatic hydroxyl groups is 1. The van der Waals surface area contributed by atoms with Gasteiger partial charge in [-0.1, -0.05) is 55.3 Å². The van der Waals surface area contributed by atoms with Crippen LogP contribution in [0.15, 0.2) is 60.7 Å². The second-order valence-electron chi connectivity index (χ2n) is 9.41. The second-order valence-corrected chi connectivity index (χ2v) is 9.41. The zero-order valence-corrected chi connectivity index (χ0v) is 17.2. The minimum atomic E-state index is -0.0462. The number of phenols is 1. The summed E-state index contributed by atoms with van der Waals surface area (Å²) >= 11 is 0. The third kappa shape index (κ3) is 2.51. The predicted octanol–water partition coefficient (Wildman–Crippen LogP) is 5.44. The van der Waals surface area contributed by atoms with Gasteiger partial charge in [0.25, 0.3) is 0 Å². The molecule has 2 bridgehead atoms. The number of carbonyl (C=O) groups excluding carboxylic acids is 1. The van der Waals surface area contributed by atoms with E-state index in [0.29, 0.717) is 5.92 Å². The lowest BCUT2D eigenvalue weighted by atomic mass is 9.52. The number of hydrogen-bond acceptors (Lipinski definition) is 3. The van der Waals surface area contributed by atoms with Crippen molar-refractivity contribution in [1.82, 2.24) is 4.90 Å². The Kier molecular flexibility index (Phi) is 4.04. The van der Waals surface area contributed by atoms with Crippen molar-refractivity contribution in [1.29, 1.82) is 0 Å². The second kappa shape index (κ2) is 6.68. The van der Waals surface area contributed by atoms with E-state index in [1.165, 1.54) is 29.2 Å². The number of benzene rings is 3. The molecule has 0 amide bonds. The van der Waals surface area contributed by atoms with Gasteiger partial charge in [0.2, 0.25) is 0 Å². The molecule has 2 aliphatic carbocycles. The number of piperidine rings is 1. The van der Waals surface area contributed by atoms with Gasteiger partial charge in [-0.15, -0.1) is 0 Å². The number of hydrogen-bond donors (Lipinski definition) is 1. The van der Waals surface area contributed by atoms with Crippen molar-refractivity contribution in [2.45, 2.75) is 50.1 Å². The van der Waals surface area contributed by atoms with E-state index in [4.69, 9.17) is 0 Å². The molecule has 3 heteroatoms. The van der Waals surface area contributed by atoms with Gasteiger partial charge in [-0.3, -0.25) is 9.69 Å². The van der Waals surface area contributed by atoms with Crippen LogP contribution in [-0.2, 0) is 12.0 Å². The zero-order valence-electron chi connectivity index (χ0n) is 17.2. The van der Waals surface area contributed by atoms with Crippen molar-refractivity contribution in [2.24, 2.45) is 5.92 Å². The fraction of sp³-hybridized carbons (Fsp3) is 0.370. The molecule has 1 aliphatic heterocycles. The highest BCUT2D eigenvalue weighted by Crippen LogP contribution is 2.56. The molecule has 0 unspecified atom stereocenters. The smallest absolute Gasteiger partial charge is 0.180 e. The molecule has 3 nitrogen and oxygen atoms in total. The predicted molar refractivity (Wildman–Crippen MR) is 119 cm³/mol. The van der Waals surface area contributed by atoms with E-state index >= 15 is 0 Å². The summed E-state index contributed by atoms with van der Waals surface area (Å²) in [6.45, 7) is 1.75. The summed E-state index contributed by atoms with van der Waals surface area (Å²) in [5, 5.41) is 12.7. The third-order valence-corrected chi connectivity index (χ3v) is 8.04. The van der Waals surface area contributed by atoms with Crippen LogP contribution in [0.1, 0.15) is 53.6 Å². The Morgan fingerprint density at radius 1 is 1.00 bits per heavy atom. The van der Waals surface area contributed by atoms with Gasteiger partial charge in [-0.05, 0) is 65.3 Å². The van der Waals surface area contributed by atoms with Crippen LogP contribution < -0.4 is 0 Å². The molecule has 1 saturated carbocycles. The van der Waals surface area contributed by atoms with Gasteiger partial charge >= 0.3 is 0 Å². The summed E-state index contributed by atoms with van der Waals surface area (Å²) in [4.78, 5) is 16.2. The van der Waals surface area contributed by atoms with Crippen molar-refractivity contribution in [3.8, 4) is 5.75 Å². The molecular weight excluding hydrogens is 370 g/mol. The van der Waals surface area contributed by atoms with E-state index in [2.05, 4.69) is 47.4 Å². The molecule has 0 aromatic heterocycles. The highest BCUT2D eigenvalue weighted by Gasteiger charge is 2.57. The molecule has 3 atom stereocenters. The fourth-order valence-electron chi connectivity index (χ4n) is 6.74. The topological polar surface area (TPSA) is 40.5 Å². The Morgan fingerprint density at radius 3 is 2.80 bits per heavy atom. The number of phenolic OH excluding ortho intramolecular Hbond substituents is 1. The van der Waals surface area contributed by atoms with E-state index in [1.807, 2.05) is 12.1 Å². The Hall–Kier alpha value is -2.65. The number of Topliss-reactive ketones (excluding diaryl/α,β-unsaturated/α-hetero) is 1. The summed E-state index contributed by atoms with van der Waals surface area (Å²) in [5.74, 6) is 0.904. The maximum atomic E-state index is 13.7. The van der Waals surface area contributed by atoms with Crippen LogP contribution in [-0.4, -0.2) is 28.4 Å². The van der Waals surface area contributed by atoms with E-state index in [1.54, 1.807) is 6.07 Å². The van der Waals surface area contributed by atoms with E-state index in [-0.39, 0.29) is 23.0 Å². The Bertz CT molecular complexity index is 1150. The maximum absolute atomic E-state index is 13.7. The summed E-state index contributed by atoms with van der Waals surface area (Å²) in [6.07, 6.45) is 5.74. The Balaban J connectivity index is 1.44. The van der Waals surface area contributed by atoms with E-state index in [0.717, 1.165) is 43.5 Å². The molecule has 1 saturated heterocycles. The van der Waals surface area contributed by atoms with E-state index in [9.17, 15) is 9.90 Å². The van der Waals surface area contributed by atoms with Crippen LogP contribution in [0.3, 0.4) is 0 Å². The monoisotopic (exact) mass is 397 g/mol. The van der Waals surface area contributed by atoms with Crippen molar-refractivity contribution in [3.05, 3.63) is 77.4 Å². The highest BCUT2D eigenvalue weighted by atomic mass is 16.3. The van der Waals surface area contributed by atoms with Crippen LogP contribution in [0.5, 0.6) is 5.75 Å². The van der Waals surface area contributed by atoms with Crippen LogP contribution in [0.2, 0.25) is 0 Å². The molecule has 0 spiro atoms. The van der Waals surface area contributed by atoms with Gasteiger partial charge in [-0.25, -0.2) is 0 Å². The third-order valence-electron chi connectivity index (χ3n) is 8.04. The summed E-state index contributed by atoms with van der Waals surface area (Å²) < 4.78 is 0. The molecule has 1 N–H and O–H groups in total. The number of likely N-dealkylation sites (tertiary alicyclic amines) is 1. The fourth-order valence-corrected chi connectivity index (χ4v) is 6.74. The molecule has 152 valence electrons. The average Bonchev–Trinajstić information content (AvgIpc) is 2.78.